The van der Waals surface area contributed by atoms with Crippen LogP contribution in [0.3, 0.4) is 0 Å². The van der Waals surface area contributed by atoms with Gasteiger partial charge in [-0.2, -0.15) is 0 Å². The predicted molar refractivity (Wildman–Crippen MR) is 80.2 cm³/mol. The minimum atomic E-state index is -0.856. The lowest BCUT2D eigenvalue weighted by Gasteiger charge is -2.15. The number of hydrogen-bond acceptors (Lipinski definition) is 1. The Morgan fingerprint density at radius 3 is 2.26 bits per heavy atom. The maximum atomic E-state index is 11.4. The summed E-state index contributed by atoms with van der Waals surface area (Å²) >= 11 is 12.2. The molecule has 106 valence electrons. The molecule has 1 aromatic carbocycles. The molecule has 0 unspecified atom stereocenters. The summed E-state index contributed by atoms with van der Waals surface area (Å²) in [7, 11) is 0. The Hall–Kier alpha value is -0.730. The van der Waals surface area contributed by atoms with E-state index in [9.17, 15) is 9.90 Å². The predicted octanol–water partition coefficient (Wildman–Crippen LogP) is 5.52. The number of carbonyl (C=O) groups is 1. The van der Waals surface area contributed by atoms with Crippen LogP contribution in [0.15, 0.2) is 18.2 Å². The highest BCUT2D eigenvalue weighted by molar-refractivity contribution is 6.36. The van der Waals surface area contributed by atoms with Crippen molar-refractivity contribution in [2.75, 3.05) is 0 Å². The van der Waals surface area contributed by atoms with Gasteiger partial charge in [0.05, 0.1) is 5.92 Å². The van der Waals surface area contributed by atoms with Crippen molar-refractivity contribution in [3.63, 3.8) is 0 Å². The Kier molecular flexibility index (Phi) is 7.25. The van der Waals surface area contributed by atoms with Gasteiger partial charge in [0, 0.05) is 15.6 Å². The molecule has 2 nitrogen and oxygen atoms in total. The summed E-state index contributed by atoms with van der Waals surface area (Å²) in [6.07, 6.45) is 6.06. The van der Waals surface area contributed by atoms with Gasteiger partial charge >= 0.3 is 5.97 Å². The molecule has 1 atom stereocenters. The second kappa shape index (κ2) is 8.44. The monoisotopic (exact) mass is 302 g/mol. The van der Waals surface area contributed by atoms with Crippen LogP contribution >= 0.6 is 23.2 Å². The van der Waals surface area contributed by atoms with Crippen molar-refractivity contribution >= 4 is 29.2 Å². The Morgan fingerprint density at radius 1 is 1.16 bits per heavy atom. The van der Waals surface area contributed by atoms with Crippen LogP contribution in [-0.2, 0) is 4.79 Å². The second-order valence-corrected chi connectivity index (χ2v) is 5.54. The molecule has 0 amide bonds. The molecule has 0 radical (unpaired) electrons. The summed E-state index contributed by atoms with van der Waals surface area (Å²) in [6.45, 7) is 2.16. The van der Waals surface area contributed by atoms with E-state index in [1.807, 2.05) is 0 Å². The van der Waals surface area contributed by atoms with Gasteiger partial charge in [-0.15, -0.1) is 0 Å². The number of hydrogen-bond donors (Lipinski definition) is 1. The lowest BCUT2D eigenvalue weighted by atomic mass is 9.93. The van der Waals surface area contributed by atoms with Crippen LogP contribution in [0.1, 0.15) is 56.9 Å². The van der Waals surface area contributed by atoms with Crippen LogP contribution in [0.25, 0.3) is 0 Å². The molecule has 1 rings (SSSR count). The van der Waals surface area contributed by atoms with Crippen LogP contribution in [0, 0.1) is 0 Å². The molecule has 0 spiro atoms. The molecule has 0 heterocycles. The topological polar surface area (TPSA) is 37.3 Å². The van der Waals surface area contributed by atoms with Crippen molar-refractivity contribution in [2.45, 2.75) is 51.4 Å². The first kappa shape index (κ1) is 16.3. The number of carboxylic acid groups (broad SMARTS) is 1. The van der Waals surface area contributed by atoms with E-state index >= 15 is 0 Å². The molecule has 4 heteroatoms. The number of halogens is 2. The smallest absolute Gasteiger partial charge is 0.311 e. The highest BCUT2D eigenvalue weighted by atomic mass is 35.5. The quantitative estimate of drug-likeness (QED) is 0.642. The molecule has 0 fully saturated rings. The molecule has 0 bridgehead atoms. The molecule has 1 N–H and O–H groups in total. The number of rotatable bonds is 8. The van der Waals surface area contributed by atoms with Gasteiger partial charge < -0.3 is 5.11 Å². The van der Waals surface area contributed by atoms with Crippen molar-refractivity contribution in [3.05, 3.63) is 33.8 Å². The van der Waals surface area contributed by atoms with Crippen molar-refractivity contribution in [2.24, 2.45) is 0 Å². The van der Waals surface area contributed by atoms with Gasteiger partial charge in [0.15, 0.2) is 0 Å². The normalized spacial score (nSPS) is 12.4. The molecule has 0 aliphatic heterocycles. The van der Waals surface area contributed by atoms with Gasteiger partial charge in [0.2, 0.25) is 0 Å². The van der Waals surface area contributed by atoms with E-state index in [0.717, 1.165) is 19.3 Å². The molecule has 19 heavy (non-hydrogen) atoms. The average Bonchev–Trinajstić information content (AvgIpc) is 2.35. The zero-order valence-corrected chi connectivity index (χ0v) is 12.7. The van der Waals surface area contributed by atoms with Gasteiger partial charge in [0.25, 0.3) is 0 Å². The highest BCUT2D eigenvalue weighted by Gasteiger charge is 2.24. The first-order valence-electron chi connectivity index (χ1n) is 6.74. The van der Waals surface area contributed by atoms with Gasteiger partial charge in [-0.05, 0) is 18.6 Å². The van der Waals surface area contributed by atoms with Crippen LogP contribution in [-0.4, -0.2) is 11.1 Å². The lowest BCUT2D eigenvalue weighted by molar-refractivity contribution is -0.139. The fourth-order valence-electron chi connectivity index (χ4n) is 2.19. The van der Waals surface area contributed by atoms with Crippen LogP contribution in [0.5, 0.6) is 0 Å². The lowest BCUT2D eigenvalue weighted by Crippen LogP contribution is -2.12. The summed E-state index contributed by atoms with van der Waals surface area (Å²) in [5.41, 5.74) is 0.550. The third kappa shape index (κ3) is 5.04. The fourth-order valence-corrected chi connectivity index (χ4v) is 2.85. The largest absolute Gasteiger partial charge is 0.481 e. The number of unbranched alkanes of at least 4 members (excludes halogenated alkanes) is 4. The van der Waals surface area contributed by atoms with E-state index < -0.39 is 11.9 Å². The third-order valence-corrected chi connectivity index (χ3v) is 3.90. The van der Waals surface area contributed by atoms with E-state index in [2.05, 4.69) is 6.92 Å². The summed E-state index contributed by atoms with van der Waals surface area (Å²) < 4.78 is 0. The van der Waals surface area contributed by atoms with E-state index in [4.69, 9.17) is 23.2 Å². The average molecular weight is 303 g/mol. The molecule has 0 saturated carbocycles. The van der Waals surface area contributed by atoms with E-state index in [-0.39, 0.29) is 0 Å². The number of aliphatic carboxylic acids is 1. The van der Waals surface area contributed by atoms with Crippen molar-refractivity contribution < 1.29 is 9.90 Å². The summed E-state index contributed by atoms with van der Waals surface area (Å²) in [4.78, 5) is 11.4. The van der Waals surface area contributed by atoms with Crippen LogP contribution < -0.4 is 0 Å². The number of carboxylic acids is 1. The molecule has 0 aliphatic carbocycles. The highest BCUT2D eigenvalue weighted by Crippen LogP contribution is 2.34. The Bertz CT molecular complexity index is 398. The SMILES string of the molecule is CCCCCCC[C@H](C(=O)O)c1c(Cl)cccc1Cl. The van der Waals surface area contributed by atoms with Gasteiger partial charge in [-0.25, -0.2) is 0 Å². The van der Waals surface area contributed by atoms with Crippen molar-refractivity contribution in [3.8, 4) is 0 Å². The minimum Gasteiger partial charge on any atom is -0.481 e. The van der Waals surface area contributed by atoms with Gasteiger partial charge in [-0.3, -0.25) is 4.79 Å². The van der Waals surface area contributed by atoms with E-state index in [1.165, 1.54) is 12.8 Å². The Balaban J connectivity index is 2.70. The molecule has 0 aliphatic rings. The summed E-state index contributed by atoms with van der Waals surface area (Å²) in [5, 5.41) is 10.2. The van der Waals surface area contributed by atoms with Crippen molar-refractivity contribution in [1.82, 2.24) is 0 Å². The third-order valence-electron chi connectivity index (χ3n) is 3.24. The van der Waals surface area contributed by atoms with Gasteiger partial charge in [-0.1, -0.05) is 68.3 Å². The summed E-state index contributed by atoms with van der Waals surface area (Å²) in [5.74, 6) is -1.46. The molecular formula is C15H20Cl2O2. The standard InChI is InChI=1S/C15H20Cl2O2/c1-2-3-4-5-6-8-11(15(18)19)14-12(16)9-7-10-13(14)17/h7,9-11H,2-6,8H2,1H3,(H,18,19)/t11-/m0/s1. The van der Waals surface area contributed by atoms with Crippen LogP contribution in [0.4, 0.5) is 0 Å². The zero-order chi connectivity index (χ0) is 14.3. The maximum absolute atomic E-state index is 11.4. The summed E-state index contributed by atoms with van der Waals surface area (Å²) in [6, 6.07) is 5.11. The van der Waals surface area contributed by atoms with E-state index in [1.54, 1.807) is 18.2 Å². The van der Waals surface area contributed by atoms with E-state index in [0.29, 0.717) is 22.0 Å². The minimum absolute atomic E-state index is 0.438. The molecule has 0 saturated heterocycles. The zero-order valence-electron chi connectivity index (χ0n) is 11.2. The molecule has 0 aromatic heterocycles. The molecule has 1 aromatic rings. The van der Waals surface area contributed by atoms with Gasteiger partial charge in [0.1, 0.15) is 0 Å². The Morgan fingerprint density at radius 2 is 1.74 bits per heavy atom. The van der Waals surface area contributed by atoms with Crippen molar-refractivity contribution in [1.29, 1.82) is 0 Å². The Labute approximate surface area is 124 Å². The first-order valence-corrected chi connectivity index (χ1v) is 7.50. The fraction of sp³-hybridized carbons (Fsp3) is 0.533. The first-order chi connectivity index (χ1) is 9.07. The van der Waals surface area contributed by atoms with Crippen LogP contribution in [0.2, 0.25) is 10.0 Å². The maximum Gasteiger partial charge on any atom is 0.311 e. The second-order valence-electron chi connectivity index (χ2n) is 4.73. The molecular weight excluding hydrogens is 283 g/mol. The number of benzene rings is 1.